The Labute approximate surface area is 266 Å². The summed E-state index contributed by atoms with van der Waals surface area (Å²) in [6.07, 6.45) is 1.87. The molecule has 1 saturated heterocycles. The van der Waals surface area contributed by atoms with Crippen molar-refractivity contribution in [2.45, 2.75) is 25.7 Å². The van der Waals surface area contributed by atoms with Crippen molar-refractivity contribution in [1.29, 1.82) is 0 Å². The summed E-state index contributed by atoms with van der Waals surface area (Å²) in [5, 5.41) is 6.25. The van der Waals surface area contributed by atoms with Crippen LogP contribution in [0.1, 0.15) is 17.0 Å². The zero-order chi connectivity index (χ0) is 31.7. The van der Waals surface area contributed by atoms with E-state index < -0.39 is 6.29 Å². The zero-order valence-corrected chi connectivity index (χ0v) is 25.4. The molecule has 1 amide bonds. The highest BCUT2D eigenvalue weighted by Crippen LogP contribution is 2.30. The molecule has 1 fully saturated rings. The number of hydrogen-bond donors (Lipinski definition) is 3. The highest BCUT2D eigenvalue weighted by Gasteiger charge is 2.25. The van der Waals surface area contributed by atoms with Crippen LogP contribution in [0.25, 0.3) is 22.6 Å². The molecule has 0 aliphatic carbocycles. The van der Waals surface area contributed by atoms with Crippen LogP contribution in [-0.4, -0.2) is 59.0 Å². The molecule has 0 bridgehead atoms. The predicted octanol–water partition coefficient (Wildman–Crippen LogP) is 5.18. The second-order valence-corrected chi connectivity index (χ2v) is 11.0. The van der Waals surface area contributed by atoms with E-state index in [1.807, 2.05) is 54.6 Å². The topological polar surface area (TPSA) is 123 Å². The summed E-state index contributed by atoms with van der Waals surface area (Å²) >= 11 is 0. The second kappa shape index (κ2) is 14.8. The van der Waals surface area contributed by atoms with Gasteiger partial charge in [-0.3, -0.25) is 4.79 Å². The highest BCUT2D eigenvalue weighted by molar-refractivity contribution is 5.78. The van der Waals surface area contributed by atoms with Gasteiger partial charge in [0.05, 0.1) is 50.2 Å². The van der Waals surface area contributed by atoms with Crippen molar-refractivity contribution in [3.63, 3.8) is 0 Å². The zero-order valence-electron chi connectivity index (χ0n) is 25.4. The van der Waals surface area contributed by atoms with Gasteiger partial charge in [0.1, 0.15) is 17.4 Å². The largest absolute Gasteiger partial charge is 0.497 e. The number of rotatable bonds is 12. The van der Waals surface area contributed by atoms with Gasteiger partial charge in [0.25, 0.3) is 0 Å². The van der Waals surface area contributed by atoms with E-state index in [9.17, 15) is 9.18 Å². The maximum Gasteiger partial charge on any atom is 0.224 e. The van der Waals surface area contributed by atoms with Gasteiger partial charge in [-0.15, -0.1) is 0 Å². The molecule has 1 aliphatic rings. The Kier molecular flexibility index (Phi) is 9.91. The van der Waals surface area contributed by atoms with Crippen LogP contribution in [0.2, 0.25) is 0 Å². The molecule has 3 aromatic carbocycles. The predicted molar refractivity (Wildman–Crippen MR) is 171 cm³/mol. The van der Waals surface area contributed by atoms with Crippen LogP contribution < -0.4 is 15.4 Å². The quantitative estimate of drug-likeness (QED) is 0.174. The molecule has 3 N–H and O–H groups in total. The van der Waals surface area contributed by atoms with E-state index in [-0.39, 0.29) is 17.6 Å². The van der Waals surface area contributed by atoms with Gasteiger partial charge >= 0.3 is 0 Å². The number of aromatic nitrogens is 4. The Morgan fingerprint density at radius 2 is 1.72 bits per heavy atom. The third kappa shape index (κ3) is 8.12. The molecule has 236 valence electrons. The molecule has 0 atom stereocenters. The van der Waals surface area contributed by atoms with Crippen molar-refractivity contribution in [3.8, 4) is 28.4 Å². The van der Waals surface area contributed by atoms with E-state index in [0.717, 1.165) is 22.4 Å². The number of anilines is 1. The van der Waals surface area contributed by atoms with Crippen LogP contribution in [0.15, 0.2) is 91.1 Å². The number of amides is 1. The van der Waals surface area contributed by atoms with Crippen LogP contribution in [0, 0.1) is 11.7 Å². The fourth-order valence-corrected chi connectivity index (χ4v) is 5.11. The van der Waals surface area contributed by atoms with Crippen molar-refractivity contribution in [3.05, 3.63) is 114 Å². The number of ether oxygens (including phenoxy) is 3. The number of aromatic amines is 1. The van der Waals surface area contributed by atoms with Crippen molar-refractivity contribution in [2.24, 2.45) is 5.92 Å². The number of methoxy groups -OCH3 is 1. The Hall–Kier alpha value is -5.13. The van der Waals surface area contributed by atoms with Crippen LogP contribution in [0.3, 0.4) is 0 Å². The third-order valence-electron chi connectivity index (χ3n) is 7.58. The minimum absolute atomic E-state index is 0.0337. The number of nitrogens with one attached hydrogen (secondary N) is 3. The van der Waals surface area contributed by atoms with E-state index in [1.165, 1.54) is 12.1 Å². The molecule has 11 heteroatoms. The fraction of sp³-hybridized carbons (Fsp3) is 0.257. The highest BCUT2D eigenvalue weighted by atomic mass is 19.1. The summed E-state index contributed by atoms with van der Waals surface area (Å²) < 4.78 is 31.0. The molecule has 3 heterocycles. The molecule has 5 aromatic rings. The summed E-state index contributed by atoms with van der Waals surface area (Å²) in [5.41, 5.74) is 4.69. The Morgan fingerprint density at radius 1 is 0.957 bits per heavy atom. The maximum absolute atomic E-state index is 13.8. The number of carbonyl (C=O) groups is 1. The summed E-state index contributed by atoms with van der Waals surface area (Å²) in [7, 11) is 1.64. The van der Waals surface area contributed by atoms with Gasteiger partial charge in [-0.25, -0.2) is 19.3 Å². The smallest absolute Gasteiger partial charge is 0.224 e. The van der Waals surface area contributed by atoms with Gasteiger partial charge in [0.2, 0.25) is 11.9 Å². The average Bonchev–Trinajstić information content (AvgIpc) is 3.52. The van der Waals surface area contributed by atoms with Crippen LogP contribution in [0.5, 0.6) is 5.75 Å². The number of imidazole rings is 1. The van der Waals surface area contributed by atoms with E-state index in [1.54, 1.807) is 31.5 Å². The minimum atomic E-state index is -0.511. The van der Waals surface area contributed by atoms with Gasteiger partial charge in [-0.05, 0) is 53.6 Å². The molecule has 6 rings (SSSR count). The van der Waals surface area contributed by atoms with E-state index in [0.29, 0.717) is 68.0 Å². The summed E-state index contributed by atoms with van der Waals surface area (Å²) in [4.78, 5) is 29.7. The molecule has 1 aliphatic heterocycles. The first-order valence-corrected chi connectivity index (χ1v) is 15.1. The van der Waals surface area contributed by atoms with Crippen molar-refractivity contribution in [2.75, 3.05) is 32.2 Å². The second-order valence-electron chi connectivity index (χ2n) is 11.0. The standard InChI is InChI=1S/C35H35FN6O4/c1-44-28-13-7-24(8-14-28)19-39-35-37-16-15-29(40-35)34-33(26-9-11-27(36)12-10-26)41-30(42-34)18-32-45-21-25(22-46-32)20-38-31(43)17-23-5-3-2-4-6-23/h2-16,25,32H,17-22H2,1H3,(H,38,43)(H,41,42)(H,37,39,40). The van der Waals surface area contributed by atoms with Crippen molar-refractivity contribution in [1.82, 2.24) is 25.3 Å². The van der Waals surface area contributed by atoms with Gasteiger partial charge in [-0.1, -0.05) is 42.5 Å². The first kappa shape index (κ1) is 30.9. The van der Waals surface area contributed by atoms with Crippen molar-refractivity contribution < 1.29 is 23.4 Å². The maximum atomic E-state index is 13.8. The Balaban J connectivity index is 1.10. The molecule has 10 nitrogen and oxygen atoms in total. The number of halogens is 1. The van der Waals surface area contributed by atoms with Gasteiger partial charge < -0.3 is 29.8 Å². The number of carbonyl (C=O) groups excluding carboxylic acids is 1. The molecular formula is C35H35FN6O4. The lowest BCUT2D eigenvalue weighted by molar-refractivity contribution is -0.198. The summed E-state index contributed by atoms with van der Waals surface area (Å²) in [5.74, 6) is 1.56. The summed E-state index contributed by atoms with van der Waals surface area (Å²) in [6.45, 7) is 1.90. The normalized spacial score (nSPS) is 16.1. The Bertz CT molecular complexity index is 1720. The Morgan fingerprint density at radius 3 is 2.46 bits per heavy atom. The monoisotopic (exact) mass is 622 g/mol. The lowest BCUT2D eigenvalue weighted by Gasteiger charge is -2.29. The van der Waals surface area contributed by atoms with Gasteiger partial charge in [0.15, 0.2) is 6.29 Å². The molecule has 0 unspecified atom stereocenters. The molecule has 0 radical (unpaired) electrons. The SMILES string of the molecule is COc1ccc(CNc2nccc(-c3[nH]c(CC4OCC(CNC(=O)Cc5ccccc5)CO4)nc3-c3ccc(F)cc3)n2)cc1. The minimum Gasteiger partial charge on any atom is -0.497 e. The fourth-order valence-electron chi connectivity index (χ4n) is 5.11. The average molecular weight is 623 g/mol. The molecule has 0 spiro atoms. The lowest BCUT2D eigenvalue weighted by atomic mass is 10.1. The van der Waals surface area contributed by atoms with Gasteiger partial charge in [0, 0.05) is 30.8 Å². The molecule has 0 saturated carbocycles. The lowest BCUT2D eigenvalue weighted by Crippen LogP contribution is -2.40. The van der Waals surface area contributed by atoms with Crippen molar-refractivity contribution >= 4 is 11.9 Å². The first-order valence-electron chi connectivity index (χ1n) is 15.1. The number of H-pyrrole nitrogens is 1. The van der Waals surface area contributed by atoms with Crippen LogP contribution >= 0.6 is 0 Å². The third-order valence-corrected chi connectivity index (χ3v) is 7.58. The van der Waals surface area contributed by atoms with Gasteiger partial charge in [-0.2, -0.15) is 0 Å². The van der Waals surface area contributed by atoms with E-state index in [2.05, 4.69) is 20.6 Å². The molecule has 2 aromatic heterocycles. The summed E-state index contributed by atoms with van der Waals surface area (Å²) in [6, 6.07) is 25.4. The van der Waals surface area contributed by atoms with Crippen LogP contribution in [0.4, 0.5) is 10.3 Å². The van der Waals surface area contributed by atoms with E-state index in [4.69, 9.17) is 24.2 Å². The van der Waals surface area contributed by atoms with Crippen LogP contribution in [-0.2, 0) is 33.7 Å². The number of hydrogen-bond acceptors (Lipinski definition) is 8. The molecule has 46 heavy (non-hydrogen) atoms. The first-order chi connectivity index (χ1) is 22.5. The molecular weight excluding hydrogens is 587 g/mol. The number of benzene rings is 3. The number of nitrogens with zero attached hydrogens (tertiary/aromatic N) is 3. The van der Waals surface area contributed by atoms with E-state index >= 15 is 0 Å².